The first-order chi connectivity index (χ1) is 12.5. The Hall–Kier alpha value is -1.88. The Labute approximate surface area is 153 Å². The number of rotatable bonds is 4. The van der Waals surface area contributed by atoms with Crippen LogP contribution < -0.4 is 0 Å². The average Bonchev–Trinajstić information content (AvgIpc) is 3.11. The predicted octanol–water partition coefficient (Wildman–Crippen LogP) is 3.28. The molecule has 2 aliphatic heterocycles. The van der Waals surface area contributed by atoms with E-state index in [4.69, 9.17) is 14.2 Å². The van der Waals surface area contributed by atoms with E-state index in [1.54, 1.807) is 13.8 Å². The third-order valence-corrected chi connectivity index (χ3v) is 7.23. The van der Waals surface area contributed by atoms with Crippen LogP contribution in [-0.4, -0.2) is 30.8 Å². The van der Waals surface area contributed by atoms with Crippen molar-refractivity contribution in [3.63, 3.8) is 0 Å². The third-order valence-electron chi connectivity index (χ3n) is 7.23. The van der Waals surface area contributed by atoms with E-state index in [1.807, 2.05) is 0 Å². The Balaban J connectivity index is 1.55. The van der Waals surface area contributed by atoms with Crippen LogP contribution in [0.5, 0.6) is 0 Å². The van der Waals surface area contributed by atoms with Crippen LogP contribution in [0.4, 0.5) is 0 Å². The van der Waals surface area contributed by atoms with Crippen molar-refractivity contribution in [1.82, 2.24) is 0 Å². The predicted molar refractivity (Wildman–Crippen MR) is 92.3 cm³/mol. The molecule has 5 aliphatic rings. The molecule has 0 radical (unpaired) electrons. The largest absolute Gasteiger partial charge is 0.465 e. The second kappa shape index (κ2) is 5.10. The Kier molecular flexibility index (Phi) is 3.20. The summed E-state index contributed by atoms with van der Waals surface area (Å²) in [6, 6.07) is 8.46. The molecule has 138 valence electrons. The highest BCUT2D eigenvalue weighted by molar-refractivity contribution is 6.00. The fraction of sp³-hybridized carbons (Fsp3) is 0.619. The Morgan fingerprint density at radius 1 is 1.08 bits per heavy atom. The van der Waals surface area contributed by atoms with Gasteiger partial charge in [-0.2, -0.15) is 0 Å². The molecule has 2 unspecified atom stereocenters. The molecule has 1 aromatic carbocycles. The molecule has 1 aromatic rings. The van der Waals surface area contributed by atoms with Crippen LogP contribution in [0.1, 0.15) is 62.7 Å². The maximum Gasteiger partial charge on any atom is 0.323 e. The van der Waals surface area contributed by atoms with Gasteiger partial charge in [0.25, 0.3) is 0 Å². The van der Waals surface area contributed by atoms with Crippen LogP contribution in [0.25, 0.3) is 0 Å². The molecule has 0 aromatic heterocycles. The lowest BCUT2D eigenvalue weighted by Gasteiger charge is -2.37. The molecule has 4 bridgehead atoms. The molecule has 1 saturated heterocycles. The first-order valence-corrected chi connectivity index (χ1v) is 9.66. The van der Waals surface area contributed by atoms with Crippen molar-refractivity contribution in [3.05, 3.63) is 35.4 Å². The van der Waals surface area contributed by atoms with E-state index in [2.05, 4.69) is 24.3 Å². The van der Waals surface area contributed by atoms with Crippen LogP contribution in [0.3, 0.4) is 0 Å². The SMILES string of the molecule is CCOC(=O)C1(C(=O)OCC)CCC23C[C@@H]4O[C@@]2(C1)C3c1ccccc14. The molecule has 2 saturated carbocycles. The number of carbonyl (C=O) groups is 2. The van der Waals surface area contributed by atoms with Crippen molar-refractivity contribution in [2.75, 3.05) is 13.2 Å². The molecule has 3 fully saturated rings. The molecule has 0 N–H and O–H groups in total. The highest BCUT2D eigenvalue weighted by Crippen LogP contribution is 2.87. The smallest absolute Gasteiger partial charge is 0.323 e. The first-order valence-electron chi connectivity index (χ1n) is 9.66. The monoisotopic (exact) mass is 356 g/mol. The number of hydrogen-bond acceptors (Lipinski definition) is 5. The minimum absolute atomic E-state index is 0.0779. The molecule has 6 rings (SSSR count). The van der Waals surface area contributed by atoms with Crippen molar-refractivity contribution in [2.24, 2.45) is 10.8 Å². The van der Waals surface area contributed by atoms with Crippen molar-refractivity contribution >= 4 is 11.9 Å². The average molecular weight is 356 g/mol. The normalized spacial score (nSPS) is 37.3. The highest BCUT2D eigenvalue weighted by Gasteiger charge is 2.88. The van der Waals surface area contributed by atoms with Gasteiger partial charge in [0, 0.05) is 17.8 Å². The van der Waals surface area contributed by atoms with E-state index < -0.39 is 23.0 Å². The molecular formula is C21H24O5. The lowest BCUT2D eigenvalue weighted by atomic mass is 9.68. The van der Waals surface area contributed by atoms with Gasteiger partial charge in [-0.3, -0.25) is 9.59 Å². The minimum atomic E-state index is -1.23. The van der Waals surface area contributed by atoms with Crippen molar-refractivity contribution in [2.45, 2.75) is 57.2 Å². The summed E-state index contributed by atoms with van der Waals surface area (Å²) in [6.45, 7) is 4.05. The molecule has 26 heavy (non-hydrogen) atoms. The van der Waals surface area contributed by atoms with Gasteiger partial charge in [0.15, 0.2) is 5.41 Å². The fourth-order valence-corrected chi connectivity index (χ4v) is 6.25. The van der Waals surface area contributed by atoms with Gasteiger partial charge in [-0.05, 0) is 44.2 Å². The van der Waals surface area contributed by atoms with E-state index in [-0.39, 0.29) is 30.7 Å². The Morgan fingerprint density at radius 2 is 1.73 bits per heavy atom. The molecule has 0 amide bonds. The number of benzene rings is 1. The van der Waals surface area contributed by atoms with Gasteiger partial charge < -0.3 is 14.2 Å². The summed E-state index contributed by atoms with van der Waals surface area (Å²) in [7, 11) is 0. The van der Waals surface area contributed by atoms with Gasteiger partial charge in [0.1, 0.15) is 0 Å². The van der Waals surface area contributed by atoms with Crippen molar-refractivity contribution in [3.8, 4) is 0 Å². The zero-order valence-electron chi connectivity index (χ0n) is 15.2. The van der Waals surface area contributed by atoms with Gasteiger partial charge in [-0.1, -0.05) is 24.3 Å². The standard InChI is InChI=1S/C21H24O5/c1-3-24-17(22)19(18(23)25-4-2)9-10-20-11-15-13-7-5-6-8-14(13)16(20)21(20,12-19)26-15/h5-8,15-16H,3-4,9-12H2,1-2H3/t15-,16?,20?,21-/m0/s1. The van der Waals surface area contributed by atoms with Gasteiger partial charge in [0.2, 0.25) is 0 Å². The van der Waals surface area contributed by atoms with Crippen LogP contribution >= 0.6 is 0 Å². The van der Waals surface area contributed by atoms with E-state index in [9.17, 15) is 9.59 Å². The zero-order valence-corrected chi connectivity index (χ0v) is 15.2. The summed E-state index contributed by atoms with van der Waals surface area (Å²) in [5.41, 5.74) is 1.06. The summed E-state index contributed by atoms with van der Waals surface area (Å²) in [5.74, 6) is -0.622. The molecule has 2 heterocycles. The van der Waals surface area contributed by atoms with E-state index >= 15 is 0 Å². The number of hydrogen-bond donors (Lipinski definition) is 0. The molecule has 4 atom stereocenters. The summed E-state index contributed by atoms with van der Waals surface area (Å²) in [4.78, 5) is 25.7. The summed E-state index contributed by atoms with van der Waals surface area (Å²) < 4.78 is 17.2. The molecule has 5 heteroatoms. The Bertz CT molecular complexity index is 783. The molecule has 5 nitrogen and oxygen atoms in total. The number of ether oxygens (including phenoxy) is 3. The van der Waals surface area contributed by atoms with Crippen LogP contribution in [0.15, 0.2) is 24.3 Å². The Morgan fingerprint density at radius 3 is 2.38 bits per heavy atom. The maximum atomic E-state index is 12.9. The van der Waals surface area contributed by atoms with Crippen molar-refractivity contribution < 1.29 is 23.8 Å². The summed E-state index contributed by atoms with van der Waals surface area (Å²) >= 11 is 0. The number of esters is 2. The fourth-order valence-electron chi connectivity index (χ4n) is 6.25. The third kappa shape index (κ3) is 1.66. The van der Waals surface area contributed by atoms with Crippen LogP contribution in [0, 0.1) is 10.8 Å². The quantitative estimate of drug-likeness (QED) is 0.612. The molecule has 2 spiro atoms. The maximum absolute atomic E-state index is 12.9. The summed E-state index contributed by atoms with van der Waals surface area (Å²) in [5, 5.41) is 0. The lowest BCUT2D eigenvalue weighted by Crippen LogP contribution is -2.49. The summed E-state index contributed by atoms with van der Waals surface area (Å²) in [6.07, 6.45) is 2.75. The second-order valence-corrected chi connectivity index (χ2v) is 8.12. The molecule has 3 aliphatic carbocycles. The zero-order chi connectivity index (χ0) is 18.2. The van der Waals surface area contributed by atoms with E-state index in [1.165, 1.54) is 11.1 Å². The van der Waals surface area contributed by atoms with E-state index in [0.717, 1.165) is 12.8 Å². The highest BCUT2D eigenvalue weighted by atomic mass is 16.6. The second-order valence-electron chi connectivity index (χ2n) is 8.12. The first kappa shape index (κ1) is 16.3. The van der Waals surface area contributed by atoms with Gasteiger partial charge in [-0.25, -0.2) is 0 Å². The van der Waals surface area contributed by atoms with E-state index in [0.29, 0.717) is 12.8 Å². The van der Waals surface area contributed by atoms with Crippen LogP contribution in [-0.2, 0) is 23.8 Å². The van der Waals surface area contributed by atoms with Crippen LogP contribution in [0.2, 0.25) is 0 Å². The van der Waals surface area contributed by atoms with Gasteiger partial charge >= 0.3 is 11.9 Å². The van der Waals surface area contributed by atoms with Gasteiger partial charge in [0.05, 0.1) is 24.9 Å². The minimum Gasteiger partial charge on any atom is -0.465 e. The van der Waals surface area contributed by atoms with Crippen molar-refractivity contribution in [1.29, 1.82) is 0 Å². The molecular weight excluding hydrogens is 332 g/mol. The topological polar surface area (TPSA) is 61.8 Å². The van der Waals surface area contributed by atoms with Gasteiger partial charge in [-0.15, -0.1) is 0 Å². The lowest BCUT2D eigenvalue weighted by molar-refractivity contribution is -0.180. The number of carbonyl (C=O) groups excluding carboxylic acids is 2.